The topological polar surface area (TPSA) is 21.3 Å². The minimum Gasteiger partial charge on any atom is -0.381 e. The van der Waals surface area contributed by atoms with Gasteiger partial charge < -0.3 is 10.1 Å². The van der Waals surface area contributed by atoms with Crippen LogP contribution in [-0.4, -0.2) is 26.3 Å². The van der Waals surface area contributed by atoms with Crippen LogP contribution in [0.15, 0.2) is 0 Å². The number of nitrogens with one attached hydrogen (secondary N) is 1. The van der Waals surface area contributed by atoms with Crippen LogP contribution in [0.1, 0.15) is 27.2 Å². The summed E-state index contributed by atoms with van der Waals surface area (Å²) in [6, 6.07) is 0. The van der Waals surface area contributed by atoms with Crippen molar-refractivity contribution in [3.05, 3.63) is 0 Å². The fourth-order valence-corrected chi connectivity index (χ4v) is 1.39. The van der Waals surface area contributed by atoms with E-state index >= 15 is 0 Å². The normalized spacial score (nSPS) is 24.8. The maximum absolute atomic E-state index is 5.64. The molecule has 1 N–H and O–H groups in total. The Morgan fingerprint density at radius 3 is 2.67 bits per heavy atom. The molecule has 2 nitrogen and oxygen atoms in total. The van der Waals surface area contributed by atoms with Gasteiger partial charge in [-0.25, -0.2) is 0 Å². The minimum absolute atomic E-state index is 0.312. The molecule has 2 heteroatoms. The quantitative estimate of drug-likeness (QED) is 0.697. The maximum Gasteiger partial charge on any atom is 0.0514 e. The summed E-state index contributed by atoms with van der Waals surface area (Å²) < 4.78 is 5.64. The van der Waals surface area contributed by atoms with Gasteiger partial charge in [0, 0.05) is 6.54 Å². The Balaban J connectivity index is 2.02. The zero-order valence-electron chi connectivity index (χ0n) is 8.52. The van der Waals surface area contributed by atoms with Crippen LogP contribution in [0.25, 0.3) is 0 Å². The Labute approximate surface area is 75.7 Å². The van der Waals surface area contributed by atoms with Gasteiger partial charge in [-0.3, -0.25) is 0 Å². The van der Waals surface area contributed by atoms with Gasteiger partial charge in [0.05, 0.1) is 13.2 Å². The van der Waals surface area contributed by atoms with Gasteiger partial charge in [0.15, 0.2) is 0 Å². The van der Waals surface area contributed by atoms with E-state index in [0.29, 0.717) is 5.41 Å². The molecule has 1 rings (SSSR count). The van der Waals surface area contributed by atoms with Gasteiger partial charge >= 0.3 is 0 Å². The van der Waals surface area contributed by atoms with E-state index in [0.717, 1.165) is 25.7 Å². The zero-order chi connectivity index (χ0) is 9.03. The summed E-state index contributed by atoms with van der Waals surface area (Å²) in [4.78, 5) is 0. The third-order valence-electron chi connectivity index (χ3n) is 2.05. The molecule has 0 amide bonds. The standard InChI is InChI=1S/C10H21NO/c1-10(2,3)8-12-7-9-4-5-11-6-9/h9,11H,4-8H2,1-3H3. The van der Waals surface area contributed by atoms with Crippen molar-refractivity contribution in [2.24, 2.45) is 11.3 Å². The van der Waals surface area contributed by atoms with Crippen LogP contribution in [0.2, 0.25) is 0 Å². The second-order valence-electron chi connectivity index (χ2n) is 4.93. The molecule has 0 saturated carbocycles. The first-order chi connectivity index (χ1) is 5.58. The molecule has 1 saturated heterocycles. The smallest absolute Gasteiger partial charge is 0.0514 e. The van der Waals surface area contributed by atoms with Gasteiger partial charge in [-0.15, -0.1) is 0 Å². The predicted octanol–water partition coefficient (Wildman–Crippen LogP) is 1.66. The highest BCUT2D eigenvalue weighted by Gasteiger charge is 2.16. The molecule has 0 aromatic heterocycles. The first-order valence-electron chi connectivity index (χ1n) is 4.86. The summed E-state index contributed by atoms with van der Waals surface area (Å²) in [6.45, 7) is 10.8. The second kappa shape index (κ2) is 4.24. The number of rotatable bonds is 3. The number of ether oxygens (including phenoxy) is 1. The summed E-state index contributed by atoms with van der Waals surface area (Å²) in [7, 11) is 0. The number of hydrogen-bond donors (Lipinski definition) is 1. The first-order valence-corrected chi connectivity index (χ1v) is 4.86. The Kier molecular flexibility index (Phi) is 3.53. The van der Waals surface area contributed by atoms with E-state index in [4.69, 9.17) is 4.74 Å². The molecule has 0 aliphatic carbocycles. The largest absolute Gasteiger partial charge is 0.381 e. The molecule has 1 aliphatic rings. The van der Waals surface area contributed by atoms with Gasteiger partial charge in [0.1, 0.15) is 0 Å². The van der Waals surface area contributed by atoms with Crippen LogP contribution >= 0.6 is 0 Å². The molecule has 0 radical (unpaired) electrons. The van der Waals surface area contributed by atoms with Crippen LogP contribution in [-0.2, 0) is 4.74 Å². The zero-order valence-corrected chi connectivity index (χ0v) is 8.52. The van der Waals surface area contributed by atoms with Crippen molar-refractivity contribution < 1.29 is 4.74 Å². The van der Waals surface area contributed by atoms with Gasteiger partial charge in [-0.05, 0) is 24.3 Å². The minimum atomic E-state index is 0.312. The average Bonchev–Trinajstić information content (AvgIpc) is 2.36. The van der Waals surface area contributed by atoms with Gasteiger partial charge in [-0.2, -0.15) is 0 Å². The molecular weight excluding hydrogens is 150 g/mol. The van der Waals surface area contributed by atoms with Crippen molar-refractivity contribution in [2.45, 2.75) is 27.2 Å². The van der Waals surface area contributed by atoms with E-state index in [1.165, 1.54) is 13.0 Å². The number of hydrogen-bond acceptors (Lipinski definition) is 2. The Morgan fingerprint density at radius 1 is 1.42 bits per heavy atom. The van der Waals surface area contributed by atoms with E-state index in [2.05, 4.69) is 26.1 Å². The Morgan fingerprint density at radius 2 is 2.17 bits per heavy atom. The van der Waals surface area contributed by atoms with Crippen LogP contribution in [0.3, 0.4) is 0 Å². The van der Waals surface area contributed by atoms with Crippen molar-refractivity contribution >= 4 is 0 Å². The van der Waals surface area contributed by atoms with Crippen LogP contribution in [0.4, 0.5) is 0 Å². The monoisotopic (exact) mass is 171 g/mol. The lowest BCUT2D eigenvalue weighted by atomic mass is 9.98. The fraction of sp³-hybridized carbons (Fsp3) is 1.00. The molecule has 72 valence electrons. The summed E-state index contributed by atoms with van der Waals surface area (Å²) in [5.41, 5.74) is 0.312. The van der Waals surface area contributed by atoms with Crippen molar-refractivity contribution in [3.8, 4) is 0 Å². The van der Waals surface area contributed by atoms with Gasteiger partial charge in [-0.1, -0.05) is 20.8 Å². The molecular formula is C10H21NO. The average molecular weight is 171 g/mol. The van der Waals surface area contributed by atoms with E-state index in [9.17, 15) is 0 Å². The third kappa shape index (κ3) is 4.07. The van der Waals surface area contributed by atoms with E-state index in [1.54, 1.807) is 0 Å². The molecule has 1 atom stereocenters. The molecule has 12 heavy (non-hydrogen) atoms. The first kappa shape index (κ1) is 10.0. The molecule has 1 fully saturated rings. The third-order valence-corrected chi connectivity index (χ3v) is 2.05. The lowest BCUT2D eigenvalue weighted by Gasteiger charge is -2.19. The molecule has 0 aromatic rings. The van der Waals surface area contributed by atoms with Crippen molar-refractivity contribution in [1.29, 1.82) is 0 Å². The SMILES string of the molecule is CC(C)(C)COCC1CCNC1. The van der Waals surface area contributed by atoms with Gasteiger partial charge in [0.2, 0.25) is 0 Å². The van der Waals surface area contributed by atoms with Crippen molar-refractivity contribution in [2.75, 3.05) is 26.3 Å². The van der Waals surface area contributed by atoms with Crippen molar-refractivity contribution in [3.63, 3.8) is 0 Å². The Bertz CT molecular complexity index is 122. The lowest BCUT2D eigenvalue weighted by Crippen LogP contribution is -2.19. The maximum atomic E-state index is 5.64. The van der Waals surface area contributed by atoms with E-state index in [1.807, 2.05) is 0 Å². The second-order valence-corrected chi connectivity index (χ2v) is 4.93. The molecule has 0 bridgehead atoms. The van der Waals surface area contributed by atoms with E-state index in [-0.39, 0.29) is 0 Å². The molecule has 0 aromatic carbocycles. The predicted molar refractivity (Wildman–Crippen MR) is 51.3 cm³/mol. The summed E-state index contributed by atoms with van der Waals surface area (Å²) in [6.07, 6.45) is 1.28. The summed E-state index contributed by atoms with van der Waals surface area (Å²) in [5.74, 6) is 0.757. The van der Waals surface area contributed by atoms with Crippen LogP contribution in [0, 0.1) is 11.3 Å². The molecule has 1 unspecified atom stereocenters. The van der Waals surface area contributed by atoms with E-state index < -0.39 is 0 Å². The lowest BCUT2D eigenvalue weighted by molar-refractivity contribution is 0.0514. The summed E-state index contributed by atoms with van der Waals surface area (Å²) in [5, 5.41) is 3.34. The van der Waals surface area contributed by atoms with Crippen molar-refractivity contribution in [1.82, 2.24) is 5.32 Å². The molecule has 0 spiro atoms. The van der Waals surface area contributed by atoms with Crippen LogP contribution in [0.5, 0.6) is 0 Å². The molecule has 1 aliphatic heterocycles. The van der Waals surface area contributed by atoms with Crippen LogP contribution < -0.4 is 5.32 Å². The fourth-order valence-electron chi connectivity index (χ4n) is 1.39. The highest BCUT2D eigenvalue weighted by atomic mass is 16.5. The van der Waals surface area contributed by atoms with Gasteiger partial charge in [0.25, 0.3) is 0 Å². The summed E-state index contributed by atoms with van der Waals surface area (Å²) >= 11 is 0. The highest BCUT2D eigenvalue weighted by Crippen LogP contribution is 2.15. The Hall–Kier alpha value is -0.0800. The highest BCUT2D eigenvalue weighted by molar-refractivity contribution is 4.70. The molecule has 1 heterocycles.